The van der Waals surface area contributed by atoms with Crippen molar-refractivity contribution in [3.8, 4) is 0 Å². The van der Waals surface area contributed by atoms with Crippen LogP contribution in [0.2, 0.25) is 0 Å². The van der Waals surface area contributed by atoms with Crippen molar-refractivity contribution in [1.29, 1.82) is 0 Å². The molecule has 1 N–H and O–H groups in total. The SMILES string of the molecule is Cc1nn(C)cc1CN(C)Cc1cnc(N(C)CC(=O)O)nc1. The lowest BCUT2D eigenvalue weighted by Gasteiger charge is -2.17. The Morgan fingerprint density at radius 2 is 1.91 bits per heavy atom. The average molecular weight is 318 g/mol. The maximum absolute atomic E-state index is 10.7. The molecule has 2 aromatic rings. The molecular weight excluding hydrogens is 296 g/mol. The smallest absolute Gasteiger partial charge is 0.323 e. The Labute approximate surface area is 135 Å². The highest BCUT2D eigenvalue weighted by atomic mass is 16.4. The molecule has 0 aliphatic rings. The van der Waals surface area contributed by atoms with Crippen LogP contribution in [-0.4, -0.2) is 56.4 Å². The summed E-state index contributed by atoms with van der Waals surface area (Å²) in [6.07, 6.45) is 5.48. The number of hydrogen-bond acceptors (Lipinski definition) is 6. The van der Waals surface area contributed by atoms with Gasteiger partial charge in [-0.15, -0.1) is 0 Å². The summed E-state index contributed by atoms with van der Waals surface area (Å²) in [6, 6.07) is 0. The predicted octanol–water partition coefficient (Wildman–Crippen LogP) is 0.671. The average Bonchev–Trinajstić information content (AvgIpc) is 2.76. The molecule has 8 heteroatoms. The van der Waals surface area contributed by atoms with Crippen LogP contribution in [0.3, 0.4) is 0 Å². The van der Waals surface area contributed by atoms with Crippen LogP contribution in [0.4, 0.5) is 5.95 Å². The van der Waals surface area contributed by atoms with Crippen LogP contribution in [0, 0.1) is 6.92 Å². The summed E-state index contributed by atoms with van der Waals surface area (Å²) in [7, 11) is 5.59. The number of hydrogen-bond donors (Lipinski definition) is 1. The van der Waals surface area contributed by atoms with Crippen LogP contribution in [0.25, 0.3) is 0 Å². The van der Waals surface area contributed by atoms with E-state index in [4.69, 9.17) is 5.11 Å². The number of carboxylic acid groups (broad SMARTS) is 1. The van der Waals surface area contributed by atoms with Crippen molar-refractivity contribution in [3.63, 3.8) is 0 Å². The minimum Gasteiger partial charge on any atom is -0.480 e. The summed E-state index contributed by atoms with van der Waals surface area (Å²) < 4.78 is 1.81. The Kier molecular flexibility index (Phi) is 5.28. The largest absolute Gasteiger partial charge is 0.480 e. The molecule has 0 spiro atoms. The number of likely N-dealkylation sites (N-methyl/N-ethyl adjacent to an activating group) is 1. The number of anilines is 1. The molecule has 0 saturated heterocycles. The van der Waals surface area contributed by atoms with E-state index in [1.807, 2.05) is 31.9 Å². The third-order valence-electron chi connectivity index (χ3n) is 3.41. The van der Waals surface area contributed by atoms with E-state index >= 15 is 0 Å². The molecule has 23 heavy (non-hydrogen) atoms. The van der Waals surface area contributed by atoms with Gasteiger partial charge in [-0.25, -0.2) is 9.97 Å². The maximum atomic E-state index is 10.7. The second-order valence-electron chi connectivity index (χ2n) is 5.73. The molecule has 2 aromatic heterocycles. The summed E-state index contributed by atoms with van der Waals surface area (Å²) in [5, 5.41) is 13.1. The molecule has 0 atom stereocenters. The minimum absolute atomic E-state index is 0.125. The summed E-state index contributed by atoms with van der Waals surface area (Å²) in [5.41, 5.74) is 3.19. The van der Waals surface area contributed by atoms with Crippen LogP contribution >= 0.6 is 0 Å². The van der Waals surface area contributed by atoms with Gasteiger partial charge in [-0.2, -0.15) is 5.10 Å². The molecule has 0 saturated carbocycles. The molecular formula is C15H22N6O2. The molecule has 2 rings (SSSR count). The quantitative estimate of drug-likeness (QED) is 0.803. The van der Waals surface area contributed by atoms with Gasteiger partial charge < -0.3 is 10.0 Å². The van der Waals surface area contributed by atoms with Crippen LogP contribution in [-0.2, 0) is 24.9 Å². The first-order valence-corrected chi connectivity index (χ1v) is 7.26. The van der Waals surface area contributed by atoms with E-state index in [9.17, 15) is 4.79 Å². The van der Waals surface area contributed by atoms with E-state index < -0.39 is 5.97 Å². The van der Waals surface area contributed by atoms with E-state index in [0.717, 1.165) is 17.8 Å². The van der Waals surface area contributed by atoms with Crippen molar-refractivity contribution in [2.24, 2.45) is 7.05 Å². The topological polar surface area (TPSA) is 87.4 Å². The Bertz CT molecular complexity index is 667. The number of aromatic nitrogens is 4. The zero-order chi connectivity index (χ0) is 17.0. The first-order valence-electron chi connectivity index (χ1n) is 7.26. The Morgan fingerprint density at radius 3 is 2.43 bits per heavy atom. The zero-order valence-electron chi connectivity index (χ0n) is 13.9. The lowest BCUT2D eigenvalue weighted by Crippen LogP contribution is -2.27. The molecule has 0 radical (unpaired) electrons. The number of nitrogens with zero attached hydrogens (tertiary/aromatic N) is 6. The summed E-state index contributed by atoms with van der Waals surface area (Å²) in [4.78, 5) is 22.8. The number of aryl methyl sites for hydroxylation is 2. The second kappa shape index (κ2) is 7.19. The van der Waals surface area contributed by atoms with Gasteiger partial charge in [0.1, 0.15) is 6.54 Å². The first-order chi connectivity index (χ1) is 10.8. The highest BCUT2D eigenvalue weighted by Crippen LogP contribution is 2.11. The maximum Gasteiger partial charge on any atom is 0.323 e. The number of rotatable bonds is 7. The van der Waals surface area contributed by atoms with Crippen LogP contribution < -0.4 is 4.90 Å². The van der Waals surface area contributed by atoms with E-state index in [2.05, 4.69) is 20.0 Å². The highest BCUT2D eigenvalue weighted by molar-refractivity contribution is 5.72. The Balaban J connectivity index is 1.95. The van der Waals surface area contributed by atoms with Gasteiger partial charge in [0.15, 0.2) is 0 Å². The molecule has 0 aliphatic heterocycles. The summed E-state index contributed by atoms with van der Waals surface area (Å²) in [5.74, 6) is -0.506. The van der Waals surface area contributed by atoms with E-state index in [-0.39, 0.29) is 6.54 Å². The van der Waals surface area contributed by atoms with Gasteiger partial charge >= 0.3 is 5.97 Å². The van der Waals surface area contributed by atoms with Crippen LogP contribution in [0.5, 0.6) is 0 Å². The molecule has 2 heterocycles. The molecule has 124 valence electrons. The van der Waals surface area contributed by atoms with E-state index in [1.54, 1.807) is 19.4 Å². The van der Waals surface area contributed by atoms with Crippen molar-refractivity contribution in [2.75, 3.05) is 25.5 Å². The summed E-state index contributed by atoms with van der Waals surface area (Å²) in [6.45, 7) is 3.37. The lowest BCUT2D eigenvalue weighted by molar-refractivity contribution is -0.135. The zero-order valence-corrected chi connectivity index (χ0v) is 13.9. The van der Waals surface area contributed by atoms with Crippen molar-refractivity contribution >= 4 is 11.9 Å². The molecule has 0 aromatic carbocycles. The fourth-order valence-corrected chi connectivity index (χ4v) is 2.36. The molecule has 0 aliphatic carbocycles. The van der Waals surface area contributed by atoms with Crippen molar-refractivity contribution in [2.45, 2.75) is 20.0 Å². The van der Waals surface area contributed by atoms with Gasteiger partial charge in [0.2, 0.25) is 5.95 Å². The van der Waals surface area contributed by atoms with E-state index in [0.29, 0.717) is 12.5 Å². The van der Waals surface area contributed by atoms with Gasteiger partial charge in [0.25, 0.3) is 0 Å². The van der Waals surface area contributed by atoms with Crippen molar-refractivity contribution in [1.82, 2.24) is 24.6 Å². The Morgan fingerprint density at radius 1 is 1.26 bits per heavy atom. The number of carbonyl (C=O) groups is 1. The fourth-order valence-electron chi connectivity index (χ4n) is 2.36. The second-order valence-corrected chi connectivity index (χ2v) is 5.73. The molecule has 0 bridgehead atoms. The fraction of sp³-hybridized carbons (Fsp3) is 0.467. The molecule has 0 amide bonds. The number of aliphatic carboxylic acids is 1. The first kappa shape index (κ1) is 16.9. The third-order valence-corrected chi connectivity index (χ3v) is 3.41. The Hall–Kier alpha value is -2.48. The molecule has 0 fully saturated rings. The highest BCUT2D eigenvalue weighted by Gasteiger charge is 2.10. The molecule has 0 unspecified atom stereocenters. The van der Waals surface area contributed by atoms with Crippen LogP contribution in [0.1, 0.15) is 16.8 Å². The lowest BCUT2D eigenvalue weighted by atomic mass is 10.2. The van der Waals surface area contributed by atoms with Crippen LogP contribution in [0.15, 0.2) is 18.6 Å². The van der Waals surface area contributed by atoms with Gasteiger partial charge in [-0.3, -0.25) is 14.4 Å². The van der Waals surface area contributed by atoms with Crippen molar-refractivity contribution < 1.29 is 9.90 Å². The molecule has 8 nitrogen and oxygen atoms in total. The third kappa shape index (κ3) is 4.75. The van der Waals surface area contributed by atoms with Crippen molar-refractivity contribution in [3.05, 3.63) is 35.4 Å². The normalized spacial score (nSPS) is 11.0. The van der Waals surface area contributed by atoms with Gasteiger partial charge in [0.05, 0.1) is 5.69 Å². The summed E-state index contributed by atoms with van der Waals surface area (Å²) >= 11 is 0. The monoisotopic (exact) mass is 318 g/mol. The van der Waals surface area contributed by atoms with E-state index in [1.165, 1.54) is 10.5 Å². The standard InChI is InChI=1S/C15H22N6O2/c1-11-13(9-21(4)18-11)8-19(2)7-12-5-16-15(17-6-12)20(3)10-14(22)23/h5-6,9H,7-8,10H2,1-4H3,(H,22,23). The minimum atomic E-state index is -0.910. The van der Waals surface area contributed by atoms with Gasteiger partial charge in [-0.1, -0.05) is 0 Å². The van der Waals surface area contributed by atoms with Gasteiger partial charge in [0, 0.05) is 56.9 Å². The predicted molar refractivity (Wildman–Crippen MR) is 86.1 cm³/mol. The number of carboxylic acids is 1. The van der Waals surface area contributed by atoms with Gasteiger partial charge in [-0.05, 0) is 14.0 Å².